The van der Waals surface area contributed by atoms with Crippen molar-refractivity contribution >= 4 is 22.6 Å². The summed E-state index contributed by atoms with van der Waals surface area (Å²) < 4.78 is 0.842. The summed E-state index contributed by atoms with van der Waals surface area (Å²) in [4.78, 5) is 2.61. The van der Waals surface area contributed by atoms with Crippen LogP contribution in [0.3, 0.4) is 0 Å². The van der Waals surface area contributed by atoms with Crippen LogP contribution >= 0.6 is 22.6 Å². The van der Waals surface area contributed by atoms with Gasteiger partial charge in [-0.1, -0.05) is 35.9 Å². The Labute approximate surface area is 83.7 Å². The van der Waals surface area contributed by atoms with Crippen molar-refractivity contribution in [3.8, 4) is 0 Å². The summed E-state index contributed by atoms with van der Waals surface area (Å²) >= 11 is 2.51. The van der Waals surface area contributed by atoms with Gasteiger partial charge in [-0.05, 0) is 38.9 Å². The lowest BCUT2D eigenvalue weighted by Crippen LogP contribution is -2.31. The summed E-state index contributed by atoms with van der Waals surface area (Å²) in [6.45, 7) is 6.32. The zero-order chi connectivity index (χ0) is 8.10. The van der Waals surface area contributed by atoms with Crippen LogP contribution in [0.4, 0.5) is 0 Å². The molecule has 1 heterocycles. The SMILES string of the molecule is CC(I)CCN1CCCCC1. The average molecular weight is 267 g/mol. The van der Waals surface area contributed by atoms with E-state index in [9.17, 15) is 0 Å². The van der Waals surface area contributed by atoms with E-state index < -0.39 is 0 Å². The molecule has 0 aromatic carbocycles. The van der Waals surface area contributed by atoms with Gasteiger partial charge in [-0.15, -0.1) is 0 Å². The molecule has 0 spiro atoms. The number of halogens is 1. The van der Waals surface area contributed by atoms with Crippen LogP contribution in [0.1, 0.15) is 32.6 Å². The Balaban J connectivity index is 2.05. The average Bonchev–Trinajstić information content (AvgIpc) is 2.03. The summed E-state index contributed by atoms with van der Waals surface area (Å²) in [6, 6.07) is 0. The fourth-order valence-corrected chi connectivity index (χ4v) is 1.82. The van der Waals surface area contributed by atoms with Crippen molar-refractivity contribution in [2.75, 3.05) is 19.6 Å². The topological polar surface area (TPSA) is 3.24 Å². The minimum Gasteiger partial charge on any atom is -0.303 e. The Hall–Kier alpha value is 0.690. The van der Waals surface area contributed by atoms with Crippen molar-refractivity contribution in [1.29, 1.82) is 0 Å². The molecule has 1 unspecified atom stereocenters. The van der Waals surface area contributed by atoms with Crippen LogP contribution < -0.4 is 0 Å². The van der Waals surface area contributed by atoms with E-state index in [2.05, 4.69) is 34.4 Å². The smallest absolute Gasteiger partial charge is 0.00934 e. The number of rotatable bonds is 3. The largest absolute Gasteiger partial charge is 0.303 e. The Morgan fingerprint density at radius 1 is 1.27 bits per heavy atom. The molecule has 0 amide bonds. The first kappa shape index (κ1) is 9.78. The monoisotopic (exact) mass is 267 g/mol. The molecule has 11 heavy (non-hydrogen) atoms. The first-order valence-corrected chi connectivity index (χ1v) is 5.90. The van der Waals surface area contributed by atoms with Crippen LogP contribution in [0.5, 0.6) is 0 Å². The summed E-state index contributed by atoms with van der Waals surface area (Å²) in [5, 5.41) is 0. The predicted molar refractivity (Wildman–Crippen MR) is 58.4 cm³/mol. The fourth-order valence-electron chi connectivity index (χ4n) is 1.54. The molecule has 2 heteroatoms. The van der Waals surface area contributed by atoms with E-state index in [1.807, 2.05) is 0 Å². The molecule has 1 atom stereocenters. The van der Waals surface area contributed by atoms with Crippen LogP contribution in [-0.2, 0) is 0 Å². The van der Waals surface area contributed by atoms with E-state index in [4.69, 9.17) is 0 Å². The predicted octanol–water partition coefficient (Wildman–Crippen LogP) is 2.69. The Kier molecular flexibility index (Phi) is 4.76. The lowest BCUT2D eigenvalue weighted by atomic mass is 10.1. The number of alkyl halides is 1. The van der Waals surface area contributed by atoms with Gasteiger partial charge in [0.15, 0.2) is 0 Å². The Morgan fingerprint density at radius 3 is 2.45 bits per heavy atom. The van der Waals surface area contributed by atoms with E-state index in [0.29, 0.717) is 0 Å². The maximum atomic E-state index is 2.61. The molecule has 66 valence electrons. The van der Waals surface area contributed by atoms with Crippen molar-refractivity contribution < 1.29 is 0 Å². The third-order valence-electron chi connectivity index (χ3n) is 2.29. The maximum Gasteiger partial charge on any atom is 0.00934 e. The van der Waals surface area contributed by atoms with Gasteiger partial charge >= 0.3 is 0 Å². The van der Waals surface area contributed by atoms with Crippen molar-refractivity contribution in [2.24, 2.45) is 0 Å². The van der Waals surface area contributed by atoms with Gasteiger partial charge in [0.1, 0.15) is 0 Å². The van der Waals surface area contributed by atoms with E-state index in [-0.39, 0.29) is 0 Å². The molecular formula is C9H18IN. The van der Waals surface area contributed by atoms with Crippen LogP contribution in [-0.4, -0.2) is 28.5 Å². The Bertz CT molecular complexity index is 97.7. The molecular weight excluding hydrogens is 249 g/mol. The van der Waals surface area contributed by atoms with Gasteiger partial charge in [0.25, 0.3) is 0 Å². The van der Waals surface area contributed by atoms with Gasteiger partial charge in [-0.3, -0.25) is 0 Å². The minimum atomic E-state index is 0.842. The van der Waals surface area contributed by atoms with Crippen molar-refractivity contribution in [3.63, 3.8) is 0 Å². The first-order chi connectivity index (χ1) is 5.29. The lowest BCUT2D eigenvalue weighted by Gasteiger charge is -2.26. The number of hydrogen-bond acceptors (Lipinski definition) is 1. The first-order valence-electron chi connectivity index (χ1n) is 4.65. The van der Waals surface area contributed by atoms with Gasteiger partial charge < -0.3 is 4.90 Å². The normalized spacial score (nSPS) is 23.5. The van der Waals surface area contributed by atoms with Crippen LogP contribution in [0.25, 0.3) is 0 Å². The molecule has 0 bridgehead atoms. The van der Waals surface area contributed by atoms with E-state index in [0.717, 1.165) is 3.92 Å². The second kappa shape index (κ2) is 5.36. The van der Waals surface area contributed by atoms with Gasteiger partial charge in [-0.2, -0.15) is 0 Å². The van der Waals surface area contributed by atoms with Crippen molar-refractivity contribution in [2.45, 2.75) is 36.5 Å². The zero-order valence-electron chi connectivity index (χ0n) is 7.35. The maximum absolute atomic E-state index is 2.61. The van der Waals surface area contributed by atoms with Gasteiger partial charge in [0.2, 0.25) is 0 Å². The molecule has 0 aromatic heterocycles. The van der Waals surface area contributed by atoms with E-state index in [1.165, 1.54) is 45.3 Å². The highest BCUT2D eigenvalue weighted by Crippen LogP contribution is 2.11. The molecule has 0 aliphatic carbocycles. The highest BCUT2D eigenvalue weighted by molar-refractivity contribution is 14.1. The molecule has 0 radical (unpaired) electrons. The van der Waals surface area contributed by atoms with E-state index in [1.54, 1.807) is 0 Å². The molecule has 0 aromatic rings. The highest BCUT2D eigenvalue weighted by atomic mass is 127. The Morgan fingerprint density at radius 2 is 1.91 bits per heavy atom. The third-order valence-corrected chi connectivity index (χ3v) is 2.91. The second-order valence-electron chi connectivity index (χ2n) is 3.47. The fraction of sp³-hybridized carbons (Fsp3) is 1.00. The number of likely N-dealkylation sites (tertiary alicyclic amines) is 1. The van der Waals surface area contributed by atoms with Crippen molar-refractivity contribution in [1.82, 2.24) is 4.90 Å². The molecule has 1 saturated heterocycles. The highest BCUT2D eigenvalue weighted by Gasteiger charge is 2.09. The molecule has 1 fully saturated rings. The van der Waals surface area contributed by atoms with E-state index >= 15 is 0 Å². The molecule has 1 aliphatic rings. The molecule has 0 saturated carbocycles. The number of hydrogen-bond donors (Lipinski definition) is 0. The molecule has 1 nitrogen and oxygen atoms in total. The van der Waals surface area contributed by atoms with Gasteiger partial charge in [0.05, 0.1) is 0 Å². The van der Waals surface area contributed by atoms with Gasteiger partial charge in [-0.25, -0.2) is 0 Å². The molecule has 1 aliphatic heterocycles. The third kappa shape index (κ3) is 4.31. The molecule has 1 rings (SSSR count). The standard InChI is InChI=1S/C9H18IN/c1-9(10)5-8-11-6-3-2-4-7-11/h9H,2-8H2,1H3. The number of nitrogens with zero attached hydrogens (tertiary/aromatic N) is 1. The van der Waals surface area contributed by atoms with Crippen molar-refractivity contribution in [3.05, 3.63) is 0 Å². The summed E-state index contributed by atoms with van der Waals surface area (Å²) in [6.07, 6.45) is 5.67. The quantitative estimate of drug-likeness (QED) is 0.561. The lowest BCUT2D eigenvalue weighted by molar-refractivity contribution is 0.227. The van der Waals surface area contributed by atoms with Crippen LogP contribution in [0, 0.1) is 0 Å². The summed E-state index contributed by atoms with van der Waals surface area (Å²) in [5.74, 6) is 0. The van der Waals surface area contributed by atoms with Crippen LogP contribution in [0.15, 0.2) is 0 Å². The minimum absolute atomic E-state index is 0.842. The van der Waals surface area contributed by atoms with Crippen LogP contribution in [0.2, 0.25) is 0 Å². The summed E-state index contributed by atoms with van der Waals surface area (Å²) in [7, 11) is 0. The molecule has 0 N–H and O–H groups in total. The number of piperidine rings is 1. The second-order valence-corrected chi connectivity index (χ2v) is 5.60. The van der Waals surface area contributed by atoms with Gasteiger partial charge in [0, 0.05) is 3.92 Å². The summed E-state index contributed by atoms with van der Waals surface area (Å²) in [5.41, 5.74) is 0. The zero-order valence-corrected chi connectivity index (χ0v) is 9.51.